The molecule has 1 amide bonds. The van der Waals surface area contributed by atoms with Gasteiger partial charge in [0.25, 0.3) is 5.91 Å². The number of hydrogen-bond donors (Lipinski definition) is 1. The Hall–Kier alpha value is -1.83. The third kappa shape index (κ3) is 2.88. The second-order valence-corrected chi connectivity index (χ2v) is 9.96. The minimum atomic E-state index is 0.0476. The Bertz CT molecular complexity index is 831. The highest BCUT2D eigenvalue weighted by molar-refractivity contribution is 6.31. The molecular weight excluding hydrogens is 330 g/mol. The van der Waals surface area contributed by atoms with E-state index in [1.165, 1.54) is 36.8 Å². The van der Waals surface area contributed by atoms with E-state index in [-0.39, 0.29) is 5.91 Å². The summed E-state index contributed by atoms with van der Waals surface area (Å²) < 4.78 is 0. The highest BCUT2D eigenvalue weighted by Gasteiger charge is 2.52. The average Bonchev–Trinajstić information content (AvgIpc) is 2.90. The number of fused-ring (bicyclic) bond motifs is 2. The summed E-state index contributed by atoms with van der Waals surface area (Å²) in [6.45, 7) is 14.0. The van der Waals surface area contributed by atoms with Gasteiger partial charge in [0.05, 0.1) is 0 Å². The van der Waals surface area contributed by atoms with Crippen LogP contribution in [0.25, 0.3) is 5.57 Å². The first-order valence-corrected chi connectivity index (χ1v) is 10.5. The van der Waals surface area contributed by atoms with Crippen LogP contribution in [0.2, 0.25) is 0 Å². The number of carbonyl (C=O) groups excluding carboxylic acids is 1. The van der Waals surface area contributed by atoms with E-state index in [4.69, 9.17) is 0 Å². The van der Waals surface area contributed by atoms with Crippen molar-refractivity contribution in [3.63, 3.8) is 0 Å². The number of anilines is 1. The van der Waals surface area contributed by atoms with Gasteiger partial charge in [-0.05, 0) is 73.3 Å². The van der Waals surface area contributed by atoms with Gasteiger partial charge in [-0.3, -0.25) is 4.79 Å². The van der Waals surface area contributed by atoms with Gasteiger partial charge in [-0.15, -0.1) is 0 Å². The van der Waals surface area contributed by atoms with Crippen molar-refractivity contribution in [3.05, 3.63) is 47.6 Å². The van der Waals surface area contributed by atoms with Crippen molar-refractivity contribution in [2.24, 2.45) is 22.7 Å². The largest absolute Gasteiger partial charge is 0.321 e. The Labute approximate surface area is 164 Å². The zero-order chi connectivity index (χ0) is 19.4. The van der Waals surface area contributed by atoms with Gasteiger partial charge in [-0.1, -0.05) is 57.6 Å². The van der Waals surface area contributed by atoms with Crippen LogP contribution in [0.1, 0.15) is 70.4 Å². The zero-order valence-electron chi connectivity index (χ0n) is 17.3. The maximum atomic E-state index is 12.6. The molecule has 0 bridgehead atoms. The molecule has 4 rings (SSSR count). The monoisotopic (exact) mass is 363 g/mol. The summed E-state index contributed by atoms with van der Waals surface area (Å²) in [5.41, 5.74) is 6.18. The van der Waals surface area contributed by atoms with E-state index in [9.17, 15) is 4.79 Å². The molecule has 0 spiro atoms. The molecule has 3 atom stereocenters. The van der Waals surface area contributed by atoms with Crippen LogP contribution >= 0.6 is 0 Å². The van der Waals surface area contributed by atoms with Gasteiger partial charge in [0, 0.05) is 16.8 Å². The summed E-state index contributed by atoms with van der Waals surface area (Å²) in [5, 5.41) is 3.04. The lowest BCUT2D eigenvalue weighted by molar-refractivity contribution is -0.110. The molecule has 1 aromatic rings. The number of nitrogens with one attached hydrogen (secondary N) is 1. The summed E-state index contributed by atoms with van der Waals surface area (Å²) in [5.74, 6) is 1.27. The highest BCUT2D eigenvalue weighted by Crippen LogP contribution is 2.61. The maximum absolute atomic E-state index is 12.6. The fourth-order valence-electron chi connectivity index (χ4n) is 6.57. The second-order valence-electron chi connectivity index (χ2n) is 9.96. The second kappa shape index (κ2) is 6.36. The standard InChI is InChI=1S/C25H33NO/c1-16-10-13-21-24(3,4)14-7-15-25(21,5)19(16)12-11-18-22-17(2)8-6-9-20(22)26-23(18)27/h6,8-9,11,19,21H,1,7,10,12-15H2,2-5H3,(H,26,27)/b18-11-/t19-,21-,25+/m0/s1. The van der Waals surface area contributed by atoms with Crippen molar-refractivity contribution in [2.45, 2.75) is 66.2 Å². The number of aryl methyl sites for hydroxylation is 1. The van der Waals surface area contributed by atoms with Crippen LogP contribution in [0.5, 0.6) is 0 Å². The van der Waals surface area contributed by atoms with Crippen molar-refractivity contribution >= 4 is 17.2 Å². The summed E-state index contributed by atoms with van der Waals surface area (Å²) >= 11 is 0. The van der Waals surface area contributed by atoms with Gasteiger partial charge >= 0.3 is 0 Å². The SMILES string of the molecule is C=C1CC[C@H]2C(C)(C)CCC[C@]2(C)[C@H]1C/C=C1\C(=O)Nc2cccc(C)c21. The minimum Gasteiger partial charge on any atom is -0.321 e. The smallest absolute Gasteiger partial charge is 0.256 e. The number of hydrogen-bond acceptors (Lipinski definition) is 1. The van der Waals surface area contributed by atoms with Crippen LogP contribution in [-0.4, -0.2) is 5.91 Å². The van der Waals surface area contributed by atoms with Gasteiger partial charge < -0.3 is 5.32 Å². The van der Waals surface area contributed by atoms with E-state index >= 15 is 0 Å². The Morgan fingerprint density at radius 1 is 1.26 bits per heavy atom. The average molecular weight is 364 g/mol. The van der Waals surface area contributed by atoms with Gasteiger partial charge in [0.15, 0.2) is 0 Å². The Morgan fingerprint density at radius 2 is 2.04 bits per heavy atom. The summed E-state index contributed by atoms with van der Waals surface area (Å²) in [6.07, 6.45) is 9.48. The van der Waals surface area contributed by atoms with E-state index in [0.717, 1.165) is 35.6 Å². The number of amides is 1. The topological polar surface area (TPSA) is 29.1 Å². The Balaban J connectivity index is 1.67. The van der Waals surface area contributed by atoms with Crippen molar-refractivity contribution in [1.82, 2.24) is 0 Å². The van der Waals surface area contributed by atoms with Crippen LogP contribution in [0, 0.1) is 29.6 Å². The third-order valence-electron chi connectivity index (χ3n) is 7.91. The van der Waals surface area contributed by atoms with E-state index < -0.39 is 0 Å². The van der Waals surface area contributed by atoms with E-state index in [2.05, 4.69) is 51.7 Å². The lowest BCUT2D eigenvalue weighted by Gasteiger charge is -2.58. The number of benzene rings is 1. The molecule has 2 fully saturated rings. The van der Waals surface area contributed by atoms with E-state index in [1.54, 1.807) is 0 Å². The van der Waals surface area contributed by atoms with Crippen LogP contribution in [0.15, 0.2) is 36.4 Å². The molecule has 0 saturated heterocycles. The number of allylic oxidation sites excluding steroid dienone is 2. The van der Waals surface area contributed by atoms with Gasteiger partial charge in [-0.25, -0.2) is 0 Å². The molecule has 1 aliphatic heterocycles. The van der Waals surface area contributed by atoms with Gasteiger partial charge in [-0.2, -0.15) is 0 Å². The molecular formula is C25H33NO. The molecule has 0 aromatic heterocycles. The molecule has 0 radical (unpaired) electrons. The van der Waals surface area contributed by atoms with E-state index in [0.29, 0.717) is 16.7 Å². The predicted octanol–water partition coefficient (Wildman–Crippen LogP) is 6.52. The molecule has 1 N–H and O–H groups in total. The zero-order valence-corrected chi connectivity index (χ0v) is 17.3. The number of rotatable bonds is 2. The first kappa shape index (κ1) is 18.5. The number of carbonyl (C=O) groups is 1. The fraction of sp³-hybridized carbons (Fsp3) is 0.560. The molecule has 3 aliphatic rings. The first-order chi connectivity index (χ1) is 12.7. The molecule has 144 valence electrons. The van der Waals surface area contributed by atoms with Crippen molar-refractivity contribution in [2.75, 3.05) is 5.32 Å². The lowest BCUT2D eigenvalue weighted by Crippen LogP contribution is -2.49. The predicted molar refractivity (Wildman–Crippen MR) is 113 cm³/mol. The van der Waals surface area contributed by atoms with Crippen LogP contribution in [0.4, 0.5) is 5.69 Å². The molecule has 2 nitrogen and oxygen atoms in total. The molecule has 2 heteroatoms. The van der Waals surface area contributed by atoms with Crippen LogP contribution < -0.4 is 5.32 Å². The molecule has 2 aliphatic carbocycles. The maximum Gasteiger partial charge on any atom is 0.256 e. The van der Waals surface area contributed by atoms with Gasteiger partial charge in [0.2, 0.25) is 0 Å². The molecule has 0 unspecified atom stereocenters. The Morgan fingerprint density at radius 3 is 2.81 bits per heavy atom. The van der Waals surface area contributed by atoms with Crippen molar-refractivity contribution in [3.8, 4) is 0 Å². The minimum absolute atomic E-state index is 0.0476. The van der Waals surface area contributed by atoms with E-state index in [1.807, 2.05) is 12.1 Å². The highest BCUT2D eigenvalue weighted by atomic mass is 16.2. The molecule has 1 heterocycles. The Kier molecular flexibility index (Phi) is 4.36. The van der Waals surface area contributed by atoms with Gasteiger partial charge in [0.1, 0.15) is 0 Å². The van der Waals surface area contributed by atoms with Crippen molar-refractivity contribution in [1.29, 1.82) is 0 Å². The summed E-state index contributed by atoms with van der Waals surface area (Å²) in [7, 11) is 0. The fourth-order valence-corrected chi connectivity index (χ4v) is 6.57. The lowest BCUT2D eigenvalue weighted by atomic mass is 9.47. The van der Waals surface area contributed by atoms with Crippen molar-refractivity contribution < 1.29 is 4.79 Å². The quantitative estimate of drug-likeness (QED) is 0.470. The first-order valence-electron chi connectivity index (χ1n) is 10.5. The molecule has 1 aromatic carbocycles. The summed E-state index contributed by atoms with van der Waals surface area (Å²) in [6, 6.07) is 6.10. The normalized spacial score (nSPS) is 33.6. The summed E-state index contributed by atoms with van der Waals surface area (Å²) in [4.78, 5) is 12.6. The third-order valence-corrected chi connectivity index (χ3v) is 7.91. The molecule has 2 saturated carbocycles. The van der Waals surface area contributed by atoms with Crippen LogP contribution in [-0.2, 0) is 4.79 Å². The van der Waals surface area contributed by atoms with Crippen LogP contribution in [0.3, 0.4) is 0 Å². The molecule has 27 heavy (non-hydrogen) atoms.